The van der Waals surface area contributed by atoms with Crippen LogP contribution in [0.5, 0.6) is 0 Å². The van der Waals surface area contributed by atoms with Crippen molar-refractivity contribution in [2.45, 2.75) is 32.6 Å². The van der Waals surface area contributed by atoms with E-state index >= 15 is 0 Å². The van der Waals surface area contributed by atoms with Gasteiger partial charge in [0.05, 0.1) is 12.1 Å². The summed E-state index contributed by atoms with van der Waals surface area (Å²) in [5.41, 5.74) is 3.33. The molecule has 0 unspecified atom stereocenters. The molecule has 8 nitrogen and oxygen atoms in total. The third kappa shape index (κ3) is 4.34. The summed E-state index contributed by atoms with van der Waals surface area (Å²) < 4.78 is 33.4. The van der Waals surface area contributed by atoms with Gasteiger partial charge in [-0.15, -0.1) is 0 Å². The van der Waals surface area contributed by atoms with E-state index in [4.69, 9.17) is 4.42 Å². The first-order chi connectivity index (χ1) is 15.8. The fraction of sp³-hybridized carbons (Fsp3) is 0.478. The van der Waals surface area contributed by atoms with Gasteiger partial charge in [-0.3, -0.25) is 4.79 Å². The Bertz CT molecular complexity index is 1190. The van der Waals surface area contributed by atoms with Crippen LogP contribution in [-0.4, -0.2) is 71.0 Å². The maximum Gasteiger partial charge on any atom is 0.300 e. The molecule has 10 heteroatoms. The molecule has 0 radical (unpaired) electrons. The topological polar surface area (TPSA) is 78.6 Å². The zero-order valence-electron chi connectivity index (χ0n) is 18.7. The van der Waals surface area contributed by atoms with Crippen LogP contribution < -0.4 is 9.80 Å². The van der Waals surface area contributed by atoms with Gasteiger partial charge in [-0.25, -0.2) is 18.7 Å². The zero-order chi connectivity index (χ0) is 23.2. The molecule has 2 aliphatic rings. The van der Waals surface area contributed by atoms with Crippen molar-refractivity contribution in [1.29, 1.82) is 0 Å². The maximum absolute atomic E-state index is 13.8. The van der Waals surface area contributed by atoms with Gasteiger partial charge in [0.1, 0.15) is 5.82 Å². The molecule has 33 heavy (non-hydrogen) atoms. The maximum atomic E-state index is 13.8. The molecular weight excluding hydrogens is 430 g/mol. The highest BCUT2D eigenvalue weighted by Gasteiger charge is 2.36. The molecule has 0 saturated carbocycles. The summed E-state index contributed by atoms with van der Waals surface area (Å²) >= 11 is 0. The average Bonchev–Trinajstić information content (AvgIpc) is 3.21. The van der Waals surface area contributed by atoms with Gasteiger partial charge >= 0.3 is 0 Å². The Morgan fingerprint density at radius 1 is 1.06 bits per heavy atom. The molecule has 0 aliphatic carbocycles. The van der Waals surface area contributed by atoms with E-state index in [9.17, 15) is 13.6 Å². The van der Waals surface area contributed by atoms with E-state index in [1.807, 2.05) is 30.9 Å². The molecule has 2 fully saturated rings. The van der Waals surface area contributed by atoms with Crippen molar-refractivity contribution < 1.29 is 18.0 Å². The van der Waals surface area contributed by atoms with Gasteiger partial charge < -0.3 is 19.1 Å². The van der Waals surface area contributed by atoms with E-state index in [1.165, 1.54) is 6.20 Å². The number of halogens is 2. The van der Waals surface area contributed by atoms with Crippen molar-refractivity contribution in [3.63, 3.8) is 0 Å². The van der Waals surface area contributed by atoms with Crippen LogP contribution in [0.4, 0.5) is 20.6 Å². The summed E-state index contributed by atoms with van der Waals surface area (Å²) in [6.07, 6.45) is 1.85. The number of rotatable bonds is 3. The van der Waals surface area contributed by atoms with Gasteiger partial charge in [-0.2, -0.15) is 4.98 Å². The number of nitrogens with zero attached hydrogens (tertiary/aromatic N) is 6. The van der Waals surface area contributed by atoms with E-state index in [1.54, 1.807) is 15.9 Å². The predicted octanol–water partition coefficient (Wildman–Crippen LogP) is 3.43. The van der Waals surface area contributed by atoms with Gasteiger partial charge in [-0.05, 0) is 44.0 Å². The fourth-order valence-corrected chi connectivity index (χ4v) is 4.41. The molecule has 5 rings (SSSR count). The minimum atomic E-state index is -2.70. The van der Waals surface area contributed by atoms with Crippen molar-refractivity contribution in [2.75, 3.05) is 49.1 Å². The van der Waals surface area contributed by atoms with Gasteiger partial charge in [0.25, 0.3) is 17.8 Å². The molecule has 1 amide bonds. The number of piperazine rings is 1. The fourth-order valence-electron chi connectivity index (χ4n) is 4.41. The lowest BCUT2D eigenvalue weighted by molar-refractivity contribution is -0.0118. The minimum Gasteiger partial charge on any atom is -0.422 e. The van der Waals surface area contributed by atoms with Crippen LogP contribution in [0.1, 0.15) is 34.5 Å². The highest BCUT2D eigenvalue weighted by Crippen LogP contribution is 2.30. The number of alkyl halides is 2. The zero-order valence-corrected chi connectivity index (χ0v) is 18.7. The monoisotopic (exact) mass is 456 g/mol. The molecule has 3 aromatic heterocycles. The quantitative estimate of drug-likeness (QED) is 0.598. The van der Waals surface area contributed by atoms with Crippen LogP contribution in [0.25, 0.3) is 11.2 Å². The van der Waals surface area contributed by atoms with Gasteiger partial charge in [-0.1, -0.05) is 0 Å². The van der Waals surface area contributed by atoms with E-state index < -0.39 is 5.92 Å². The molecule has 0 atom stereocenters. The second-order valence-electron chi connectivity index (χ2n) is 8.79. The van der Waals surface area contributed by atoms with Crippen LogP contribution in [0.2, 0.25) is 0 Å². The summed E-state index contributed by atoms with van der Waals surface area (Å²) in [4.78, 5) is 31.7. The first-order valence-corrected chi connectivity index (χ1v) is 11.2. The van der Waals surface area contributed by atoms with Crippen molar-refractivity contribution in [3.05, 3.63) is 41.2 Å². The van der Waals surface area contributed by atoms with Gasteiger partial charge in [0.2, 0.25) is 5.65 Å². The van der Waals surface area contributed by atoms with Crippen LogP contribution in [0.15, 0.2) is 28.8 Å². The number of piperidine rings is 1. The molecule has 0 aromatic carbocycles. The largest absolute Gasteiger partial charge is 0.422 e. The number of oxazole rings is 1. The number of anilines is 2. The van der Waals surface area contributed by atoms with Crippen molar-refractivity contribution in [1.82, 2.24) is 19.9 Å². The summed E-state index contributed by atoms with van der Waals surface area (Å²) in [5.74, 6) is -2.32. The Morgan fingerprint density at radius 2 is 1.85 bits per heavy atom. The van der Waals surface area contributed by atoms with Crippen molar-refractivity contribution in [3.8, 4) is 0 Å². The second kappa shape index (κ2) is 8.24. The standard InChI is InChI=1S/C23H26F2N6O2/c1-15-12-19(31-7-3-6-23(24,25)14-31)26-13-17(15)21(32)29-8-10-30(11-9-29)22-28-20-18(33-22)5-4-16(2)27-20/h4-5,12-13H,3,6-11,14H2,1-2H3. The summed E-state index contributed by atoms with van der Waals surface area (Å²) in [7, 11) is 0. The lowest BCUT2D eigenvalue weighted by atomic mass is 10.1. The summed E-state index contributed by atoms with van der Waals surface area (Å²) in [5, 5.41) is 0. The average molecular weight is 456 g/mol. The van der Waals surface area contributed by atoms with E-state index in [0.29, 0.717) is 67.8 Å². The lowest BCUT2D eigenvalue weighted by Gasteiger charge is -2.35. The number of pyridine rings is 2. The number of aryl methyl sites for hydroxylation is 2. The molecular formula is C23H26F2N6O2. The number of hydrogen-bond donors (Lipinski definition) is 0. The molecule has 0 N–H and O–H groups in total. The Balaban J connectivity index is 1.25. The molecule has 2 saturated heterocycles. The van der Waals surface area contributed by atoms with Gasteiger partial charge in [0, 0.05) is 51.0 Å². The third-order valence-electron chi connectivity index (χ3n) is 6.26. The number of hydrogen-bond acceptors (Lipinski definition) is 7. The van der Waals surface area contributed by atoms with Crippen molar-refractivity contribution >= 4 is 29.0 Å². The molecule has 5 heterocycles. The number of carbonyl (C=O) groups is 1. The molecule has 0 spiro atoms. The smallest absolute Gasteiger partial charge is 0.300 e. The molecule has 0 bridgehead atoms. The minimum absolute atomic E-state index is 0.0925. The number of amides is 1. The lowest BCUT2D eigenvalue weighted by Crippen LogP contribution is -2.49. The van der Waals surface area contributed by atoms with Crippen LogP contribution in [-0.2, 0) is 0 Å². The summed E-state index contributed by atoms with van der Waals surface area (Å²) in [6.45, 7) is 6.15. The SMILES string of the molecule is Cc1ccc2oc(N3CCN(C(=O)c4cnc(N5CCCC(F)(F)C5)cc4C)CC3)nc2n1. The van der Waals surface area contributed by atoms with E-state index in [0.717, 1.165) is 11.3 Å². The Labute approximate surface area is 190 Å². The Morgan fingerprint density at radius 3 is 2.58 bits per heavy atom. The van der Waals surface area contributed by atoms with Crippen LogP contribution in [0, 0.1) is 13.8 Å². The van der Waals surface area contributed by atoms with E-state index in [2.05, 4.69) is 15.0 Å². The van der Waals surface area contributed by atoms with Crippen LogP contribution in [0.3, 0.4) is 0 Å². The summed E-state index contributed by atoms with van der Waals surface area (Å²) in [6, 6.07) is 5.99. The molecule has 3 aromatic rings. The molecule has 2 aliphatic heterocycles. The number of fused-ring (bicyclic) bond motifs is 1. The van der Waals surface area contributed by atoms with Crippen LogP contribution >= 0.6 is 0 Å². The molecule has 174 valence electrons. The first kappa shape index (κ1) is 21.5. The number of aromatic nitrogens is 3. The Hall–Kier alpha value is -3.30. The van der Waals surface area contributed by atoms with Crippen molar-refractivity contribution in [2.24, 2.45) is 0 Å². The normalized spacial score (nSPS) is 18.7. The predicted molar refractivity (Wildman–Crippen MR) is 120 cm³/mol. The highest BCUT2D eigenvalue weighted by atomic mass is 19.3. The number of carbonyl (C=O) groups excluding carboxylic acids is 1. The van der Waals surface area contributed by atoms with Gasteiger partial charge in [0.15, 0.2) is 5.58 Å². The Kier molecular flexibility index (Phi) is 5.38. The van der Waals surface area contributed by atoms with E-state index in [-0.39, 0.29) is 18.9 Å². The second-order valence-corrected chi connectivity index (χ2v) is 8.79. The first-order valence-electron chi connectivity index (χ1n) is 11.2. The third-order valence-corrected chi connectivity index (χ3v) is 6.26. The highest BCUT2D eigenvalue weighted by molar-refractivity contribution is 5.95.